The van der Waals surface area contributed by atoms with Gasteiger partial charge in [-0.05, 0) is 30.0 Å². The van der Waals surface area contributed by atoms with Gasteiger partial charge in [-0.3, -0.25) is 4.90 Å². The fraction of sp³-hybridized carbons (Fsp3) is 0.562. The summed E-state index contributed by atoms with van der Waals surface area (Å²) in [5.41, 5.74) is 1.75. The van der Waals surface area contributed by atoms with Crippen LogP contribution in [-0.4, -0.2) is 41.8 Å². The lowest BCUT2D eigenvalue weighted by molar-refractivity contribution is 0.0459. The lowest BCUT2D eigenvalue weighted by Gasteiger charge is -2.15. The van der Waals surface area contributed by atoms with Crippen LogP contribution in [0.5, 0.6) is 0 Å². The highest BCUT2D eigenvalue weighted by molar-refractivity contribution is 5.89. The molecule has 1 saturated heterocycles. The van der Waals surface area contributed by atoms with E-state index in [4.69, 9.17) is 4.74 Å². The number of ether oxygens (including phenoxy) is 1. The summed E-state index contributed by atoms with van der Waals surface area (Å²) in [7, 11) is 0. The number of rotatable bonds is 5. The average molecular weight is 277 g/mol. The highest BCUT2D eigenvalue weighted by atomic mass is 16.5. The van der Waals surface area contributed by atoms with Crippen LogP contribution in [0.25, 0.3) is 0 Å². The molecule has 1 N–H and O–H groups in total. The maximum Gasteiger partial charge on any atom is 0.338 e. The lowest BCUT2D eigenvalue weighted by Crippen LogP contribution is -2.21. The molecule has 0 radical (unpaired) electrons. The van der Waals surface area contributed by atoms with Crippen LogP contribution in [0.3, 0.4) is 0 Å². The molecule has 20 heavy (non-hydrogen) atoms. The monoisotopic (exact) mass is 277 g/mol. The third-order valence-electron chi connectivity index (χ3n) is 3.39. The summed E-state index contributed by atoms with van der Waals surface area (Å²) in [4.78, 5) is 14.0. The maximum absolute atomic E-state index is 11.8. The van der Waals surface area contributed by atoms with Gasteiger partial charge in [0.25, 0.3) is 0 Å². The van der Waals surface area contributed by atoms with Crippen LogP contribution < -0.4 is 0 Å². The predicted octanol–water partition coefficient (Wildman–Crippen LogP) is 2.07. The van der Waals surface area contributed by atoms with Crippen molar-refractivity contribution in [3.05, 3.63) is 35.4 Å². The molecule has 0 spiro atoms. The number of carbonyl (C=O) groups is 1. The number of aliphatic hydroxyl groups is 1. The van der Waals surface area contributed by atoms with Crippen LogP contribution >= 0.6 is 0 Å². The van der Waals surface area contributed by atoms with E-state index in [1.807, 2.05) is 38.1 Å². The molecule has 4 nitrogen and oxygen atoms in total. The molecule has 1 aliphatic heterocycles. The summed E-state index contributed by atoms with van der Waals surface area (Å²) < 4.78 is 5.19. The second-order valence-corrected chi connectivity index (χ2v) is 5.87. The summed E-state index contributed by atoms with van der Waals surface area (Å²) in [6.07, 6.45) is 0.653. The molecule has 1 aliphatic rings. The van der Waals surface area contributed by atoms with Crippen molar-refractivity contribution in [3.8, 4) is 0 Å². The summed E-state index contributed by atoms with van der Waals surface area (Å²) in [5.74, 6) is 0.0849. The van der Waals surface area contributed by atoms with E-state index in [9.17, 15) is 9.90 Å². The summed E-state index contributed by atoms with van der Waals surface area (Å²) in [6, 6.07) is 7.53. The van der Waals surface area contributed by atoms with Crippen LogP contribution in [0.1, 0.15) is 36.2 Å². The van der Waals surface area contributed by atoms with E-state index in [1.54, 1.807) is 0 Å². The first-order chi connectivity index (χ1) is 9.54. The standard InChI is InChI=1S/C16H23NO3/c1-12(2)11-20-16(19)14-5-3-13(4-6-14)9-17-8-7-15(18)10-17/h3-6,12,15,18H,7-11H2,1-2H3. The van der Waals surface area contributed by atoms with Gasteiger partial charge in [0.15, 0.2) is 0 Å². The zero-order valence-corrected chi connectivity index (χ0v) is 12.2. The number of benzene rings is 1. The zero-order valence-electron chi connectivity index (χ0n) is 12.2. The number of β-amino-alcohol motifs (C(OH)–C–C–N with tert-alkyl or cyclic N) is 1. The third-order valence-corrected chi connectivity index (χ3v) is 3.39. The number of esters is 1. The molecule has 0 amide bonds. The molecule has 0 bridgehead atoms. The van der Waals surface area contributed by atoms with Crippen molar-refractivity contribution < 1.29 is 14.6 Å². The van der Waals surface area contributed by atoms with E-state index < -0.39 is 0 Å². The Labute approximate surface area is 120 Å². The number of hydrogen-bond donors (Lipinski definition) is 1. The quantitative estimate of drug-likeness (QED) is 0.837. The van der Waals surface area contributed by atoms with Gasteiger partial charge in [-0.1, -0.05) is 26.0 Å². The Bertz CT molecular complexity index is 442. The SMILES string of the molecule is CC(C)COC(=O)c1ccc(CN2CCC(O)C2)cc1. The molecule has 1 aromatic carbocycles. The van der Waals surface area contributed by atoms with Crippen molar-refractivity contribution in [3.63, 3.8) is 0 Å². The van der Waals surface area contributed by atoms with Crippen LogP contribution in [0.15, 0.2) is 24.3 Å². The Hall–Kier alpha value is -1.39. The van der Waals surface area contributed by atoms with Gasteiger partial charge in [0.1, 0.15) is 0 Å². The fourth-order valence-corrected chi connectivity index (χ4v) is 2.29. The Morgan fingerprint density at radius 1 is 1.40 bits per heavy atom. The minimum atomic E-state index is -0.262. The first-order valence-corrected chi connectivity index (χ1v) is 7.21. The Morgan fingerprint density at radius 3 is 2.65 bits per heavy atom. The van der Waals surface area contributed by atoms with Crippen LogP contribution in [0.4, 0.5) is 0 Å². The Morgan fingerprint density at radius 2 is 2.10 bits per heavy atom. The molecule has 1 aromatic rings. The van der Waals surface area contributed by atoms with E-state index in [0.29, 0.717) is 18.1 Å². The van der Waals surface area contributed by atoms with Crippen LogP contribution in [0.2, 0.25) is 0 Å². The third kappa shape index (κ3) is 4.32. The highest BCUT2D eigenvalue weighted by Crippen LogP contribution is 2.14. The number of aliphatic hydroxyl groups excluding tert-OH is 1. The van der Waals surface area contributed by atoms with E-state index in [2.05, 4.69) is 4.90 Å². The Balaban J connectivity index is 1.87. The van der Waals surface area contributed by atoms with Crippen molar-refractivity contribution in [1.82, 2.24) is 4.90 Å². The topological polar surface area (TPSA) is 49.8 Å². The maximum atomic E-state index is 11.8. The molecule has 4 heteroatoms. The Kier molecular flexibility index (Phi) is 5.15. The molecular weight excluding hydrogens is 254 g/mol. The van der Waals surface area contributed by atoms with Crippen molar-refractivity contribution in [1.29, 1.82) is 0 Å². The first kappa shape index (κ1) is 15.0. The van der Waals surface area contributed by atoms with Gasteiger partial charge in [0, 0.05) is 19.6 Å². The molecule has 2 rings (SSSR count). The van der Waals surface area contributed by atoms with Gasteiger partial charge in [-0.15, -0.1) is 0 Å². The van der Waals surface area contributed by atoms with E-state index in [0.717, 1.165) is 31.6 Å². The predicted molar refractivity (Wildman–Crippen MR) is 77.5 cm³/mol. The van der Waals surface area contributed by atoms with Crippen LogP contribution in [0, 0.1) is 5.92 Å². The number of carbonyl (C=O) groups excluding carboxylic acids is 1. The fourth-order valence-electron chi connectivity index (χ4n) is 2.29. The van der Waals surface area contributed by atoms with Gasteiger partial charge < -0.3 is 9.84 Å². The van der Waals surface area contributed by atoms with Gasteiger partial charge >= 0.3 is 5.97 Å². The molecule has 110 valence electrons. The molecule has 1 fully saturated rings. The van der Waals surface area contributed by atoms with Gasteiger partial charge in [0.2, 0.25) is 0 Å². The number of hydrogen-bond acceptors (Lipinski definition) is 4. The van der Waals surface area contributed by atoms with Gasteiger partial charge in [-0.2, -0.15) is 0 Å². The first-order valence-electron chi connectivity index (χ1n) is 7.21. The van der Waals surface area contributed by atoms with E-state index >= 15 is 0 Å². The molecule has 1 atom stereocenters. The molecule has 0 saturated carbocycles. The second kappa shape index (κ2) is 6.86. The summed E-state index contributed by atoms with van der Waals surface area (Å²) in [6.45, 7) is 6.96. The second-order valence-electron chi connectivity index (χ2n) is 5.87. The largest absolute Gasteiger partial charge is 0.462 e. The van der Waals surface area contributed by atoms with Crippen molar-refractivity contribution in [2.24, 2.45) is 5.92 Å². The van der Waals surface area contributed by atoms with Crippen molar-refractivity contribution >= 4 is 5.97 Å². The number of nitrogens with zero attached hydrogens (tertiary/aromatic N) is 1. The molecular formula is C16H23NO3. The van der Waals surface area contributed by atoms with Gasteiger partial charge in [-0.25, -0.2) is 4.79 Å². The van der Waals surface area contributed by atoms with Crippen molar-refractivity contribution in [2.45, 2.75) is 32.9 Å². The highest BCUT2D eigenvalue weighted by Gasteiger charge is 2.20. The lowest BCUT2D eigenvalue weighted by atomic mass is 10.1. The summed E-state index contributed by atoms with van der Waals surface area (Å²) in [5, 5.41) is 9.50. The van der Waals surface area contributed by atoms with E-state index in [-0.39, 0.29) is 12.1 Å². The zero-order chi connectivity index (χ0) is 14.5. The minimum Gasteiger partial charge on any atom is -0.462 e. The molecule has 0 aliphatic carbocycles. The number of likely N-dealkylation sites (tertiary alicyclic amines) is 1. The normalized spacial score (nSPS) is 19.5. The van der Waals surface area contributed by atoms with Crippen LogP contribution in [-0.2, 0) is 11.3 Å². The van der Waals surface area contributed by atoms with Crippen molar-refractivity contribution in [2.75, 3.05) is 19.7 Å². The van der Waals surface area contributed by atoms with Gasteiger partial charge in [0.05, 0.1) is 18.3 Å². The smallest absolute Gasteiger partial charge is 0.338 e. The molecule has 1 unspecified atom stereocenters. The average Bonchev–Trinajstić information content (AvgIpc) is 2.82. The summed E-state index contributed by atoms with van der Waals surface area (Å²) >= 11 is 0. The molecule has 0 aromatic heterocycles. The minimum absolute atomic E-state index is 0.194. The van der Waals surface area contributed by atoms with E-state index in [1.165, 1.54) is 0 Å². The molecule has 1 heterocycles.